The lowest BCUT2D eigenvalue weighted by Gasteiger charge is -2.34. The minimum atomic E-state index is -1.13. The summed E-state index contributed by atoms with van der Waals surface area (Å²) in [5, 5.41) is 11.4. The van der Waals surface area contributed by atoms with Crippen molar-refractivity contribution in [2.75, 3.05) is 19.7 Å². The van der Waals surface area contributed by atoms with Gasteiger partial charge in [-0.1, -0.05) is 106 Å². The number of ketones is 2. The van der Waals surface area contributed by atoms with E-state index < -0.39 is 64.7 Å². The van der Waals surface area contributed by atoms with Gasteiger partial charge in [-0.25, -0.2) is 4.98 Å². The Labute approximate surface area is 366 Å². The first-order chi connectivity index (χ1) is 28.5. The van der Waals surface area contributed by atoms with E-state index in [1.165, 1.54) is 11.3 Å². The molecular weight excluding hydrogens is 795 g/mol. The van der Waals surface area contributed by atoms with Gasteiger partial charge in [0.25, 0.3) is 0 Å². The van der Waals surface area contributed by atoms with Crippen LogP contribution in [0.3, 0.4) is 0 Å². The number of hydrogen-bond donors (Lipinski definition) is 4. The molecule has 1 aliphatic heterocycles. The normalized spacial score (nSPS) is 18.4. The zero-order chi connectivity index (χ0) is 45.8. The van der Waals surface area contributed by atoms with Crippen LogP contribution in [0.1, 0.15) is 124 Å². The van der Waals surface area contributed by atoms with Crippen LogP contribution in [0, 0.1) is 22.7 Å². The van der Waals surface area contributed by atoms with Gasteiger partial charge in [0.2, 0.25) is 17.7 Å². The van der Waals surface area contributed by atoms with Crippen LogP contribution in [0.25, 0.3) is 0 Å². The molecule has 14 nitrogen and oxygen atoms in total. The highest BCUT2D eigenvalue weighted by atomic mass is 32.1. The summed E-state index contributed by atoms with van der Waals surface area (Å²) in [5.41, 5.74) is 6.74. The van der Waals surface area contributed by atoms with Crippen LogP contribution in [-0.2, 0) is 33.5 Å². The van der Waals surface area contributed by atoms with Crippen molar-refractivity contribution in [1.82, 2.24) is 25.8 Å². The van der Waals surface area contributed by atoms with E-state index in [9.17, 15) is 28.8 Å². The fourth-order valence-corrected chi connectivity index (χ4v) is 7.76. The van der Waals surface area contributed by atoms with Crippen LogP contribution >= 0.6 is 11.3 Å². The Bertz CT molecular complexity index is 1870. The van der Waals surface area contributed by atoms with Gasteiger partial charge < -0.3 is 31.3 Å². The summed E-state index contributed by atoms with van der Waals surface area (Å²) < 4.78 is 4.98. The van der Waals surface area contributed by atoms with Crippen molar-refractivity contribution in [1.29, 1.82) is 0 Å². The molecule has 0 saturated carbocycles. The third-order valence-electron chi connectivity index (χ3n) is 11.1. The van der Waals surface area contributed by atoms with Crippen LogP contribution in [0.15, 0.2) is 59.1 Å². The average molecular weight is 864 g/mol. The predicted molar refractivity (Wildman–Crippen MR) is 240 cm³/mol. The van der Waals surface area contributed by atoms with Gasteiger partial charge in [0, 0.05) is 36.9 Å². The molecule has 0 spiro atoms. The molecule has 3 amide bonds. The maximum absolute atomic E-state index is 14.7. The van der Waals surface area contributed by atoms with Crippen molar-refractivity contribution in [3.05, 3.63) is 64.6 Å². The van der Waals surface area contributed by atoms with Crippen LogP contribution in [0.4, 0.5) is 0 Å². The number of amides is 3. The number of likely N-dealkylation sites (tertiary alicyclic amines) is 1. The van der Waals surface area contributed by atoms with E-state index in [0.29, 0.717) is 23.5 Å². The monoisotopic (exact) mass is 863 g/mol. The molecule has 1 fully saturated rings. The molecule has 336 valence electrons. The molecule has 3 rings (SSSR count). The smallest absolute Gasteiger partial charge is 0.306 e. The Kier molecular flexibility index (Phi) is 18.6. The number of Topliss-reactive ketones (excluding diaryl/α,β-unsaturated/α-hetero) is 2. The first kappa shape index (κ1) is 50.6. The zero-order valence-electron chi connectivity index (χ0n) is 38.0. The SMILES string of the molecule is C=C(C(=O)[C@@H]1[C@H](C)CCN1C(=O)CN/C(=N\C(C(=O)NC(C(=O)N[C@H](CC(=O)CCC(=O)OCC)c1nccs1)[C@@H](C)c1ccccc1)C(C)(C)C)C(N)C(C)(C)C)C(C)C. The molecule has 0 radical (unpaired) electrons. The van der Waals surface area contributed by atoms with Crippen LogP contribution < -0.4 is 21.7 Å². The summed E-state index contributed by atoms with van der Waals surface area (Å²) in [5.74, 6) is -2.67. The number of benzene rings is 1. The Hall–Kier alpha value is -4.76. The van der Waals surface area contributed by atoms with Gasteiger partial charge >= 0.3 is 5.97 Å². The van der Waals surface area contributed by atoms with E-state index in [0.717, 1.165) is 5.56 Å². The maximum Gasteiger partial charge on any atom is 0.306 e. The molecule has 7 atom stereocenters. The summed E-state index contributed by atoms with van der Waals surface area (Å²) in [4.78, 5) is 92.5. The average Bonchev–Trinajstić information content (AvgIpc) is 3.87. The number of rotatable bonds is 20. The second-order valence-electron chi connectivity index (χ2n) is 18.5. The molecule has 61 heavy (non-hydrogen) atoms. The lowest BCUT2D eigenvalue weighted by atomic mass is 9.84. The molecule has 1 aromatic heterocycles. The number of thiazole rings is 1. The maximum atomic E-state index is 14.7. The lowest BCUT2D eigenvalue weighted by molar-refractivity contribution is -0.144. The molecule has 2 heterocycles. The number of carbonyl (C=O) groups is 6. The topological polar surface area (TPSA) is 202 Å². The van der Waals surface area contributed by atoms with Crippen molar-refractivity contribution in [2.45, 2.75) is 138 Å². The first-order valence-electron chi connectivity index (χ1n) is 21.3. The third kappa shape index (κ3) is 14.4. The Morgan fingerprint density at radius 2 is 1.64 bits per heavy atom. The Balaban J connectivity index is 1.98. The van der Waals surface area contributed by atoms with Crippen molar-refractivity contribution in [2.24, 2.45) is 33.4 Å². The van der Waals surface area contributed by atoms with Gasteiger partial charge in [-0.2, -0.15) is 0 Å². The molecule has 1 aromatic carbocycles. The third-order valence-corrected chi connectivity index (χ3v) is 12.0. The lowest BCUT2D eigenvalue weighted by Crippen LogP contribution is -2.56. The molecule has 1 aliphatic rings. The molecule has 0 bridgehead atoms. The van der Waals surface area contributed by atoms with Gasteiger partial charge in [-0.05, 0) is 47.1 Å². The number of ether oxygens (including phenoxy) is 1. The highest BCUT2D eigenvalue weighted by molar-refractivity contribution is 7.09. The number of esters is 1. The zero-order valence-corrected chi connectivity index (χ0v) is 38.8. The highest BCUT2D eigenvalue weighted by Crippen LogP contribution is 2.30. The van der Waals surface area contributed by atoms with Crippen LogP contribution in [-0.4, -0.2) is 94.8 Å². The molecule has 2 aromatic rings. The van der Waals surface area contributed by atoms with Gasteiger partial charge in [-0.15, -0.1) is 11.3 Å². The number of carbonyl (C=O) groups excluding carboxylic acids is 6. The molecule has 0 aliphatic carbocycles. The fraction of sp³-hybridized carbons (Fsp3) is 0.609. The van der Waals surface area contributed by atoms with E-state index in [1.807, 2.05) is 99.6 Å². The number of nitrogens with one attached hydrogen (secondary N) is 3. The Morgan fingerprint density at radius 3 is 2.20 bits per heavy atom. The molecule has 5 N–H and O–H groups in total. The van der Waals surface area contributed by atoms with Crippen LogP contribution in [0.2, 0.25) is 0 Å². The van der Waals surface area contributed by atoms with E-state index in [1.54, 1.807) is 23.4 Å². The Morgan fingerprint density at radius 1 is 0.984 bits per heavy atom. The first-order valence-corrected chi connectivity index (χ1v) is 22.2. The van der Waals surface area contributed by atoms with Gasteiger partial charge in [-0.3, -0.25) is 33.8 Å². The second kappa shape index (κ2) is 22.4. The number of nitrogens with two attached hydrogens (primary N) is 1. The number of hydrogen-bond acceptors (Lipinski definition) is 11. The second-order valence-corrected chi connectivity index (χ2v) is 19.4. The summed E-state index contributed by atoms with van der Waals surface area (Å²) in [6.07, 6.45) is 1.98. The summed E-state index contributed by atoms with van der Waals surface area (Å²) in [7, 11) is 0. The molecular formula is C46H69N7O7S. The number of nitrogens with zero attached hydrogens (tertiary/aromatic N) is 3. The summed E-state index contributed by atoms with van der Waals surface area (Å²) in [6.45, 7) is 25.1. The van der Waals surface area contributed by atoms with E-state index >= 15 is 0 Å². The minimum absolute atomic E-state index is 0.0389. The predicted octanol–water partition coefficient (Wildman–Crippen LogP) is 5.69. The highest BCUT2D eigenvalue weighted by Gasteiger charge is 2.42. The number of aliphatic imine (C=N–C) groups is 1. The fourth-order valence-electron chi connectivity index (χ4n) is 7.07. The number of amidine groups is 1. The summed E-state index contributed by atoms with van der Waals surface area (Å²) >= 11 is 1.27. The van der Waals surface area contributed by atoms with Crippen molar-refractivity contribution in [3.63, 3.8) is 0 Å². The van der Waals surface area contributed by atoms with Crippen LogP contribution in [0.5, 0.6) is 0 Å². The van der Waals surface area contributed by atoms with Gasteiger partial charge in [0.1, 0.15) is 28.7 Å². The summed E-state index contributed by atoms with van der Waals surface area (Å²) in [6, 6.07) is 4.88. The van der Waals surface area contributed by atoms with Crippen molar-refractivity contribution >= 4 is 52.4 Å². The van der Waals surface area contributed by atoms with Gasteiger partial charge in [0.05, 0.1) is 37.7 Å². The standard InChI is InChI=1S/C46H69N7O7S/c1-13-60-35(56)20-19-32(54)25-33(44-48-22-24-61-44)50-42(58)36(30(6)31-17-15-14-16-18-31)51-43(59)40(46(10,11)12)52-41(39(47)45(7,8)9)49-26-34(55)53-23-21-28(4)37(53)38(57)29(5)27(2)3/h14-18,22,24,27-28,30,33,36-37,39-40H,5,13,19-21,23,25-26,47H2,1-4,6-12H3,(H,49,52)(H,50,58)(H,51,59)/t28-,30+,33-,36?,37+,39?,40?/m1/s1. The largest absolute Gasteiger partial charge is 0.466 e. The molecule has 15 heteroatoms. The quantitative estimate of drug-likeness (QED) is 0.0555. The van der Waals surface area contributed by atoms with Crippen molar-refractivity contribution in [3.8, 4) is 0 Å². The molecule has 1 saturated heterocycles. The molecule has 3 unspecified atom stereocenters. The van der Waals surface area contributed by atoms with Gasteiger partial charge in [0.15, 0.2) is 5.78 Å². The minimum Gasteiger partial charge on any atom is -0.466 e. The number of aromatic nitrogens is 1. The van der Waals surface area contributed by atoms with E-state index in [2.05, 4.69) is 27.5 Å². The van der Waals surface area contributed by atoms with E-state index in [4.69, 9.17) is 15.5 Å². The van der Waals surface area contributed by atoms with Crippen molar-refractivity contribution < 1.29 is 33.5 Å². The van der Waals surface area contributed by atoms with E-state index in [-0.39, 0.29) is 67.6 Å².